The molecule has 344 valence electrons. The Hall–Kier alpha value is -6.23. The Morgan fingerprint density at radius 3 is 2.36 bits per heavy atom. The molecule has 9 rings (SSSR count). The van der Waals surface area contributed by atoms with E-state index in [0.717, 1.165) is 135 Å². The third-order valence-electron chi connectivity index (χ3n) is 14.5. The zero-order chi connectivity index (χ0) is 45.9. The van der Waals surface area contributed by atoms with Crippen molar-refractivity contribution in [2.75, 3.05) is 51.1 Å². The predicted molar refractivity (Wildman–Crippen MR) is 258 cm³/mol. The fourth-order valence-electron chi connectivity index (χ4n) is 10.4. The van der Waals surface area contributed by atoms with Gasteiger partial charge in [0, 0.05) is 68.8 Å². The maximum Gasteiger partial charge on any atom is 0.329 e. The average molecular weight is 891 g/mol. The lowest BCUT2D eigenvalue weighted by molar-refractivity contribution is -0.138. The summed E-state index contributed by atoms with van der Waals surface area (Å²) in [6.07, 6.45) is 6.94. The number of carbonyl (C=O) groups is 4. The van der Waals surface area contributed by atoms with Crippen LogP contribution in [0.5, 0.6) is 0 Å². The molecule has 0 radical (unpaired) electrons. The number of nitrogens with one attached hydrogen (secondary N) is 4. The number of piperidine rings is 3. The van der Waals surface area contributed by atoms with E-state index in [1.54, 1.807) is 11.6 Å². The summed E-state index contributed by atoms with van der Waals surface area (Å²) in [5.41, 5.74) is 7.00. The molecule has 13 nitrogen and oxygen atoms in total. The number of fused-ring (bicyclic) bond motifs is 2. The van der Waals surface area contributed by atoms with E-state index in [0.29, 0.717) is 23.5 Å². The molecule has 5 aromatic rings. The number of nitrogens with zero attached hydrogens (tertiary/aromatic N) is 4. The summed E-state index contributed by atoms with van der Waals surface area (Å²) >= 11 is 0. The van der Waals surface area contributed by atoms with Crippen molar-refractivity contribution in [3.8, 4) is 11.8 Å². The molecular weight excluding hydrogens is 829 g/mol. The van der Waals surface area contributed by atoms with Crippen LogP contribution in [0.3, 0.4) is 0 Å². The number of imide groups is 1. The molecule has 66 heavy (non-hydrogen) atoms. The third kappa shape index (κ3) is 9.53. The van der Waals surface area contributed by atoms with E-state index in [9.17, 15) is 24.0 Å². The standard InChI is InChI=1S/C53H62N8O5/c1-34-13-16-40(56-41-32-54-33-41)31-45(34)50(63)55-35(2)42-17-14-37(43-11-7-8-12-44(42)43)10-6-4-5-9-25-59-26-21-38(22-27-59)52(65)60-28-23-36(24-29-60)39-15-18-46-48(30-39)58(3)53(66)61(46)47-19-20-49(62)57-51(47)64/h7-8,11-18,30-31,35-36,38,41,47,54,56H,4-5,9,19-29,32-33H2,1-3H3,(H,55,63)(H,57,62,64)/t35-,47?/m1/s1. The largest absolute Gasteiger partial charge is 0.380 e. The van der Waals surface area contributed by atoms with Gasteiger partial charge in [-0.05, 0) is 142 Å². The van der Waals surface area contributed by atoms with Crippen LogP contribution >= 0.6 is 0 Å². The van der Waals surface area contributed by atoms with Crippen molar-refractivity contribution in [2.45, 2.75) is 95.7 Å². The average Bonchev–Trinajstić information content (AvgIpc) is 3.56. The van der Waals surface area contributed by atoms with E-state index >= 15 is 0 Å². The summed E-state index contributed by atoms with van der Waals surface area (Å²) in [6, 6.07) is 24.0. The molecule has 0 aliphatic carbocycles. The molecular formula is C53H62N8O5. The lowest BCUT2D eigenvalue weighted by Crippen LogP contribution is -2.51. The summed E-state index contributed by atoms with van der Waals surface area (Å²) < 4.78 is 3.11. The minimum absolute atomic E-state index is 0.0697. The summed E-state index contributed by atoms with van der Waals surface area (Å²) in [6.45, 7) is 10.2. The van der Waals surface area contributed by atoms with Gasteiger partial charge >= 0.3 is 5.69 Å². The van der Waals surface area contributed by atoms with Crippen LogP contribution in [0, 0.1) is 24.7 Å². The number of hydrogen-bond donors (Lipinski definition) is 4. The molecule has 0 spiro atoms. The van der Waals surface area contributed by atoms with Crippen molar-refractivity contribution in [1.29, 1.82) is 0 Å². The first kappa shape index (κ1) is 44.9. The van der Waals surface area contributed by atoms with Gasteiger partial charge in [0.1, 0.15) is 6.04 Å². The fraction of sp³-hybridized carbons (Fsp3) is 0.453. The predicted octanol–water partition coefficient (Wildman–Crippen LogP) is 6.29. The second kappa shape index (κ2) is 19.7. The van der Waals surface area contributed by atoms with Crippen molar-refractivity contribution >= 4 is 51.1 Å². The number of aryl methyl sites for hydroxylation is 2. The number of carbonyl (C=O) groups excluding carboxylic acids is 4. The summed E-state index contributed by atoms with van der Waals surface area (Å²) in [4.78, 5) is 69.4. The van der Waals surface area contributed by atoms with Crippen LogP contribution < -0.4 is 27.0 Å². The monoisotopic (exact) mass is 890 g/mol. The van der Waals surface area contributed by atoms with Crippen LogP contribution in [0.15, 0.2) is 77.6 Å². The number of unbranched alkanes of at least 4 members (excludes halogenated alkanes) is 2. The van der Waals surface area contributed by atoms with Crippen LogP contribution in [-0.2, 0) is 21.4 Å². The number of hydrogen-bond acceptors (Lipinski definition) is 8. The Morgan fingerprint density at radius 1 is 0.848 bits per heavy atom. The Morgan fingerprint density at radius 2 is 1.62 bits per heavy atom. The molecule has 4 aromatic carbocycles. The van der Waals surface area contributed by atoms with Crippen LogP contribution in [0.2, 0.25) is 0 Å². The minimum atomic E-state index is -0.703. The zero-order valence-electron chi connectivity index (χ0n) is 38.5. The number of aromatic nitrogens is 2. The highest BCUT2D eigenvalue weighted by Crippen LogP contribution is 2.33. The van der Waals surface area contributed by atoms with E-state index in [-0.39, 0.29) is 47.7 Å². The molecule has 4 amide bonds. The molecule has 1 aromatic heterocycles. The highest BCUT2D eigenvalue weighted by molar-refractivity contribution is 6.00. The highest BCUT2D eigenvalue weighted by Gasteiger charge is 2.33. The SMILES string of the molecule is Cc1ccc(NC2CNC2)cc1C(=O)N[C@H](C)c1ccc(C#CCCCCN2CCC(C(=O)N3CCC(c4ccc5c(c4)n(C)c(=O)n5C4CCC(=O)NC4=O)CC3)CC2)c2ccccc12. The van der Waals surface area contributed by atoms with E-state index in [1.165, 1.54) is 4.57 Å². The number of imidazole rings is 1. The third-order valence-corrected chi connectivity index (χ3v) is 14.5. The maximum absolute atomic E-state index is 13.7. The van der Waals surface area contributed by atoms with Crippen LogP contribution in [-0.4, -0.2) is 94.4 Å². The number of rotatable bonds is 12. The van der Waals surface area contributed by atoms with Crippen LogP contribution in [0.25, 0.3) is 21.8 Å². The van der Waals surface area contributed by atoms with E-state index in [2.05, 4.69) is 79.3 Å². The minimum Gasteiger partial charge on any atom is -0.380 e. The lowest BCUT2D eigenvalue weighted by Gasteiger charge is -2.37. The second-order valence-electron chi connectivity index (χ2n) is 18.9. The van der Waals surface area contributed by atoms with Crippen molar-refractivity contribution in [1.82, 2.24) is 34.9 Å². The first-order valence-electron chi connectivity index (χ1n) is 24.0. The highest BCUT2D eigenvalue weighted by atomic mass is 16.2. The van der Waals surface area contributed by atoms with Gasteiger partial charge in [-0.2, -0.15) is 0 Å². The topological polar surface area (TPSA) is 150 Å². The number of benzene rings is 4. The van der Waals surface area contributed by atoms with E-state index in [4.69, 9.17) is 0 Å². The van der Waals surface area contributed by atoms with Crippen molar-refractivity contribution < 1.29 is 19.2 Å². The zero-order valence-corrected chi connectivity index (χ0v) is 38.5. The quantitative estimate of drug-likeness (QED) is 0.0649. The molecule has 5 heterocycles. The van der Waals surface area contributed by atoms with Crippen molar-refractivity contribution in [2.24, 2.45) is 13.0 Å². The first-order chi connectivity index (χ1) is 32.0. The number of amides is 4. The molecule has 4 aliphatic rings. The molecule has 4 saturated heterocycles. The Bertz CT molecular complexity index is 2780. The van der Waals surface area contributed by atoms with Crippen molar-refractivity contribution in [3.63, 3.8) is 0 Å². The van der Waals surface area contributed by atoms with Gasteiger partial charge in [-0.15, -0.1) is 0 Å². The van der Waals surface area contributed by atoms with Gasteiger partial charge in [0.25, 0.3) is 5.91 Å². The molecule has 2 atom stereocenters. The van der Waals surface area contributed by atoms with Gasteiger partial charge in [-0.25, -0.2) is 4.79 Å². The lowest BCUT2D eigenvalue weighted by atomic mass is 9.87. The molecule has 4 aliphatic heterocycles. The van der Waals surface area contributed by atoms with Gasteiger partial charge in [0.05, 0.1) is 23.1 Å². The van der Waals surface area contributed by atoms with Gasteiger partial charge in [-0.1, -0.05) is 54.3 Å². The summed E-state index contributed by atoms with van der Waals surface area (Å²) in [5.74, 6) is 6.70. The molecule has 4 N–H and O–H groups in total. The van der Waals surface area contributed by atoms with E-state index in [1.807, 2.05) is 50.2 Å². The number of anilines is 1. The molecule has 0 bridgehead atoms. The van der Waals surface area contributed by atoms with Gasteiger partial charge in [0.15, 0.2) is 0 Å². The van der Waals surface area contributed by atoms with Crippen LogP contribution in [0.4, 0.5) is 5.69 Å². The molecule has 1 unspecified atom stereocenters. The van der Waals surface area contributed by atoms with Gasteiger partial charge in [0.2, 0.25) is 17.7 Å². The summed E-state index contributed by atoms with van der Waals surface area (Å²) in [5, 5.41) is 14.6. The Kier molecular flexibility index (Phi) is 13.4. The van der Waals surface area contributed by atoms with Crippen LogP contribution in [0.1, 0.15) is 115 Å². The number of likely N-dealkylation sites (tertiary alicyclic amines) is 2. The molecule has 0 saturated carbocycles. The maximum atomic E-state index is 13.7. The summed E-state index contributed by atoms with van der Waals surface area (Å²) in [7, 11) is 1.73. The Labute approximate surface area is 386 Å². The normalized spacial score (nSPS) is 19.3. The van der Waals surface area contributed by atoms with Gasteiger partial charge < -0.3 is 25.8 Å². The Balaban J connectivity index is 0.712. The second-order valence-corrected chi connectivity index (χ2v) is 18.9. The molecule has 4 fully saturated rings. The van der Waals surface area contributed by atoms with Gasteiger partial charge in [-0.3, -0.25) is 33.6 Å². The fourth-order valence-corrected chi connectivity index (χ4v) is 10.4. The molecule has 13 heteroatoms. The smallest absolute Gasteiger partial charge is 0.329 e. The van der Waals surface area contributed by atoms with Crippen molar-refractivity contribution in [3.05, 3.63) is 111 Å². The van der Waals surface area contributed by atoms with E-state index < -0.39 is 11.9 Å². The first-order valence-corrected chi connectivity index (χ1v) is 24.0.